The summed E-state index contributed by atoms with van der Waals surface area (Å²) >= 11 is 1.06. The highest BCUT2D eigenvalue weighted by Crippen LogP contribution is 2.29. The van der Waals surface area contributed by atoms with Crippen molar-refractivity contribution < 1.29 is 43.1 Å². The minimum Gasteiger partial charge on any atom is -0.496 e. The molecule has 4 rings (SSSR count). The zero-order valence-electron chi connectivity index (χ0n) is 29.8. The lowest BCUT2D eigenvalue weighted by Crippen LogP contribution is -2.65. The summed E-state index contributed by atoms with van der Waals surface area (Å²) in [5.41, 5.74) is -1.21. The van der Waals surface area contributed by atoms with Crippen LogP contribution in [0, 0.1) is 0 Å². The largest absolute Gasteiger partial charge is 0.496 e. The summed E-state index contributed by atoms with van der Waals surface area (Å²) < 4.78 is 5.52. The Kier molecular flexibility index (Phi) is 12.7. The summed E-state index contributed by atoms with van der Waals surface area (Å²) in [5.74, 6) is -5.96. The fourth-order valence-electron chi connectivity index (χ4n) is 5.25. The molecule has 1 aliphatic heterocycles. The molecule has 3 aromatic rings. The van der Waals surface area contributed by atoms with E-state index in [1.165, 1.54) is 32.4 Å². The summed E-state index contributed by atoms with van der Waals surface area (Å²) in [4.78, 5) is 112. The number of aromatic nitrogens is 2. The summed E-state index contributed by atoms with van der Waals surface area (Å²) in [6, 6.07) is 2.03. The van der Waals surface area contributed by atoms with Crippen molar-refractivity contribution in [3.05, 3.63) is 57.8 Å². The first-order valence-electron chi connectivity index (χ1n) is 16.4. The van der Waals surface area contributed by atoms with E-state index >= 15 is 0 Å². The number of hydrogen-bond donors (Lipinski definition) is 8. The predicted octanol–water partition coefficient (Wildman–Crippen LogP) is -0.614. The molecule has 2 bridgehead atoms. The van der Waals surface area contributed by atoms with Crippen molar-refractivity contribution in [2.24, 2.45) is 0 Å². The molecule has 8 N–H and O–H groups in total. The number of ether oxygens (including phenoxy) is 1. The number of ketones is 1. The molecule has 18 nitrogen and oxygen atoms in total. The van der Waals surface area contributed by atoms with Crippen LogP contribution in [0.25, 0.3) is 10.9 Å². The Labute approximate surface area is 307 Å². The Morgan fingerprint density at radius 2 is 1.64 bits per heavy atom. The van der Waals surface area contributed by atoms with Gasteiger partial charge < -0.3 is 46.9 Å². The highest BCUT2D eigenvalue weighted by molar-refractivity contribution is 7.09. The molecule has 2 aromatic heterocycles. The van der Waals surface area contributed by atoms with Crippen molar-refractivity contribution in [1.82, 2.24) is 47.2 Å². The highest BCUT2D eigenvalue weighted by atomic mass is 32.1. The number of benzene rings is 1. The molecular weight excluding hydrogens is 710 g/mol. The average molecular weight is 752 g/mol. The second-order valence-corrected chi connectivity index (χ2v) is 13.2. The molecule has 0 saturated carbocycles. The Balaban J connectivity index is 1.69. The Morgan fingerprint density at radius 1 is 0.962 bits per heavy atom. The number of nitrogens with one attached hydrogen (secondary N) is 8. The topological polar surface area (TPSA) is 259 Å². The van der Waals surface area contributed by atoms with Gasteiger partial charge in [0.05, 0.1) is 26.2 Å². The number of carbonyl (C=O) groups is 8. The average Bonchev–Trinajstić information content (AvgIpc) is 3.79. The second kappa shape index (κ2) is 16.9. The maximum atomic E-state index is 14.0. The van der Waals surface area contributed by atoms with Crippen LogP contribution in [-0.2, 0) is 40.0 Å². The second-order valence-electron chi connectivity index (χ2n) is 12.3. The Bertz CT molecular complexity index is 1990. The van der Waals surface area contributed by atoms with Crippen molar-refractivity contribution >= 4 is 69.4 Å². The minimum atomic E-state index is -2.20. The van der Waals surface area contributed by atoms with Crippen LogP contribution in [0.1, 0.15) is 61.7 Å². The smallest absolute Gasteiger partial charge is 0.271 e. The standard InChI is InChI=1S/C34H41N9O9S/c1-7-20-29(48)36-13-25(45)39-17(3)32-42-23(15-53-32)30(49)41-22(11-19-12-35-21-9-8-10-24(52-6)27(19)21)31(50)43-34(5,18(4)44)33(51)37-14-26(46)38-16(2)28(47)40-20/h7-10,12,15-17,22,35H,11,13-14H2,1-6H3,(H,36,48)(H,37,51)(H,38,46)(H,39,45)(H,40,47)(H,41,49)(H,43,50)/b20-7-/t16-,17-,22+,34+/m1/s1. The van der Waals surface area contributed by atoms with Gasteiger partial charge in [0.2, 0.25) is 23.6 Å². The van der Waals surface area contributed by atoms with E-state index in [9.17, 15) is 38.4 Å². The number of carbonyl (C=O) groups excluding carboxylic acids is 8. The van der Waals surface area contributed by atoms with Crippen molar-refractivity contribution in [3.63, 3.8) is 0 Å². The lowest BCUT2D eigenvalue weighted by atomic mass is 9.94. The number of nitrogens with zero attached hydrogens (tertiary/aromatic N) is 1. The van der Waals surface area contributed by atoms with E-state index in [0.29, 0.717) is 27.2 Å². The summed E-state index contributed by atoms with van der Waals surface area (Å²) in [6.45, 7) is 5.50. The van der Waals surface area contributed by atoms with Gasteiger partial charge in [-0.05, 0) is 52.3 Å². The van der Waals surface area contributed by atoms with Gasteiger partial charge >= 0.3 is 0 Å². The summed E-state index contributed by atoms with van der Waals surface area (Å²) in [7, 11) is 1.48. The van der Waals surface area contributed by atoms with Gasteiger partial charge in [-0.3, -0.25) is 38.4 Å². The molecule has 0 radical (unpaired) electrons. The first-order valence-corrected chi connectivity index (χ1v) is 17.3. The highest BCUT2D eigenvalue weighted by Gasteiger charge is 2.42. The lowest BCUT2D eigenvalue weighted by Gasteiger charge is -2.29. The number of allylic oxidation sites excluding steroid dienone is 1. The van der Waals surface area contributed by atoms with E-state index in [1.807, 2.05) is 0 Å². The maximum Gasteiger partial charge on any atom is 0.271 e. The first kappa shape index (κ1) is 39.7. The van der Waals surface area contributed by atoms with Crippen LogP contribution in [0.3, 0.4) is 0 Å². The zero-order valence-corrected chi connectivity index (χ0v) is 30.7. The molecule has 0 spiro atoms. The van der Waals surface area contributed by atoms with E-state index in [0.717, 1.165) is 25.2 Å². The third-order valence-electron chi connectivity index (χ3n) is 8.43. The molecule has 4 atom stereocenters. The number of amides is 7. The Hall–Kier alpha value is -6.11. The predicted molar refractivity (Wildman–Crippen MR) is 191 cm³/mol. The van der Waals surface area contributed by atoms with Crippen molar-refractivity contribution in [2.45, 2.75) is 64.7 Å². The van der Waals surface area contributed by atoms with Crippen LogP contribution >= 0.6 is 11.3 Å². The molecule has 0 saturated heterocycles. The van der Waals surface area contributed by atoms with Crippen LogP contribution < -0.4 is 42.0 Å². The van der Waals surface area contributed by atoms with E-state index in [-0.39, 0.29) is 17.8 Å². The zero-order chi connectivity index (χ0) is 39.0. The van der Waals surface area contributed by atoms with E-state index in [1.54, 1.807) is 31.3 Å². The molecular formula is C34H41N9O9S. The van der Waals surface area contributed by atoms with Crippen LogP contribution in [0.5, 0.6) is 5.75 Å². The van der Waals surface area contributed by atoms with Gasteiger partial charge in [0.1, 0.15) is 34.2 Å². The number of fused-ring (bicyclic) bond motifs is 3. The summed E-state index contributed by atoms with van der Waals surface area (Å²) in [6.07, 6.45) is 2.82. The van der Waals surface area contributed by atoms with Crippen molar-refractivity contribution in [2.75, 3.05) is 20.2 Å². The first-order chi connectivity index (χ1) is 25.1. The van der Waals surface area contributed by atoms with E-state index in [2.05, 4.69) is 47.2 Å². The quantitative estimate of drug-likeness (QED) is 0.124. The summed E-state index contributed by atoms with van der Waals surface area (Å²) in [5, 5.41) is 19.6. The number of Topliss-reactive ketones (excluding diaryl/α,β-unsaturated/α-hetero) is 1. The number of thiazole rings is 1. The van der Waals surface area contributed by atoms with E-state index in [4.69, 9.17) is 4.74 Å². The maximum absolute atomic E-state index is 14.0. The molecule has 19 heteroatoms. The molecule has 3 heterocycles. The van der Waals surface area contributed by atoms with Gasteiger partial charge in [0.25, 0.3) is 17.7 Å². The van der Waals surface area contributed by atoms with Gasteiger partial charge in [-0.25, -0.2) is 4.98 Å². The minimum absolute atomic E-state index is 0.0797. The molecule has 7 amide bonds. The number of hydrogen-bond acceptors (Lipinski definition) is 11. The lowest BCUT2D eigenvalue weighted by molar-refractivity contribution is -0.141. The molecule has 0 unspecified atom stereocenters. The van der Waals surface area contributed by atoms with Crippen LogP contribution in [-0.4, -0.2) is 94.9 Å². The number of H-pyrrole nitrogens is 1. The number of rotatable bonds is 4. The third-order valence-corrected chi connectivity index (χ3v) is 9.46. The molecule has 0 aliphatic carbocycles. The van der Waals surface area contributed by atoms with Gasteiger partial charge in [0.15, 0.2) is 11.3 Å². The third kappa shape index (κ3) is 9.42. The van der Waals surface area contributed by atoms with Crippen LogP contribution in [0.2, 0.25) is 0 Å². The fourth-order valence-corrected chi connectivity index (χ4v) is 6.05. The monoisotopic (exact) mass is 751 g/mol. The Morgan fingerprint density at radius 3 is 2.30 bits per heavy atom. The van der Waals surface area contributed by atoms with Crippen molar-refractivity contribution in [3.8, 4) is 5.75 Å². The SMILES string of the molecule is C/C=C1\NC(=O)[C@@H](C)NC(=O)CNC(=O)[C@](C)(C(C)=O)NC(=O)[C@H](Cc2c[nH]c3cccc(OC)c23)NC(=O)c2csc(n2)[C@@H](C)NC(=O)CNC1=O. The number of aromatic amines is 1. The van der Waals surface area contributed by atoms with Crippen LogP contribution in [0.15, 0.2) is 41.5 Å². The normalized spacial score (nSPS) is 23.8. The van der Waals surface area contributed by atoms with Gasteiger partial charge in [-0.2, -0.15) is 0 Å². The molecule has 1 aromatic carbocycles. The molecule has 0 fully saturated rings. The van der Waals surface area contributed by atoms with Crippen molar-refractivity contribution in [1.29, 1.82) is 0 Å². The van der Waals surface area contributed by atoms with Gasteiger partial charge in [-0.15, -0.1) is 11.3 Å². The van der Waals surface area contributed by atoms with E-state index < -0.39 is 83.9 Å². The fraction of sp³-hybridized carbons (Fsp3) is 0.382. The number of methoxy groups -OCH3 is 1. The van der Waals surface area contributed by atoms with Crippen LogP contribution in [0.4, 0.5) is 0 Å². The molecule has 282 valence electrons. The van der Waals surface area contributed by atoms with Gasteiger partial charge in [0, 0.05) is 28.9 Å². The van der Waals surface area contributed by atoms with Gasteiger partial charge in [-0.1, -0.05) is 12.1 Å². The molecule has 53 heavy (non-hydrogen) atoms. The molecule has 1 aliphatic rings.